The summed E-state index contributed by atoms with van der Waals surface area (Å²) in [7, 11) is 13.1. The first-order chi connectivity index (χ1) is 7.44. The van der Waals surface area contributed by atoms with Crippen LogP contribution in [0.25, 0.3) is 0 Å². The molecular weight excluding hydrogens is 202 g/mol. The topological polar surface area (TPSA) is 0 Å². The molecule has 0 aromatic heterocycles. The molecule has 2 saturated carbocycles. The van der Waals surface area contributed by atoms with Crippen molar-refractivity contribution < 1.29 is 0 Å². The Hall–Kier alpha value is 0.130. The van der Waals surface area contributed by atoms with Crippen molar-refractivity contribution in [3.63, 3.8) is 0 Å². The van der Waals surface area contributed by atoms with Crippen LogP contribution in [0.4, 0.5) is 0 Å². The van der Waals surface area contributed by atoms with E-state index in [0.717, 1.165) is 5.92 Å². The lowest BCUT2D eigenvalue weighted by Gasteiger charge is -2.53. The Labute approximate surface area is 110 Å². The molecule has 92 valence electrons. The minimum atomic E-state index is -0.561. The van der Waals surface area contributed by atoms with E-state index in [-0.39, 0.29) is 5.41 Å². The van der Waals surface area contributed by atoms with E-state index in [2.05, 4.69) is 41.5 Å². The molecule has 2 aliphatic carbocycles. The highest BCUT2D eigenvalue weighted by Gasteiger charge is 2.64. The van der Waals surface area contributed by atoms with Gasteiger partial charge in [-0.2, -0.15) is 0 Å². The summed E-state index contributed by atoms with van der Waals surface area (Å²) in [5.74, 6) is 1.26. The van der Waals surface area contributed by atoms with E-state index in [1.54, 1.807) is 0 Å². The summed E-state index contributed by atoms with van der Waals surface area (Å²) in [5.41, 5.74) is 0.669. The third kappa shape index (κ3) is 1.51. The predicted molar refractivity (Wildman–Crippen MR) is 76.4 cm³/mol. The van der Waals surface area contributed by atoms with Crippen LogP contribution in [0.1, 0.15) is 60.8 Å². The fourth-order valence-corrected chi connectivity index (χ4v) is 4.45. The second kappa shape index (κ2) is 3.36. The van der Waals surface area contributed by atoms with E-state index < -0.39 is 5.21 Å². The van der Waals surface area contributed by atoms with Gasteiger partial charge in [0.05, 0.1) is 15.7 Å². The highest BCUT2D eigenvalue weighted by molar-refractivity contribution is 6.40. The Balaban J connectivity index is 2.39. The van der Waals surface area contributed by atoms with Crippen LogP contribution < -0.4 is 0 Å². The summed E-state index contributed by atoms with van der Waals surface area (Å²) >= 11 is 0. The number of hydrogen-bond acceptors (Lipinski definition) is 0. The molecule has 0 heterocycles. The summed E-state index contributed by atoms with van der Waals surface area (Å²) in [6.45, 7) is 13.8. The molecule has 0 saturated heterocycles. The van der Waals surface area contributed by atoms with Gasteiger partial charge in [0.1, 0.15) is 0 Å². The molecule has 2 fully saturated rings. The van der Waals surface area contributed by atoms with Crippen molar-refractivity contribution in [1.82, 2.24) is 0 Å². The first kappa shape index (κ1) is 13.6. The van der Waals surface area contributed by atoms with Crippen LogP contribution in [0.3, 0.4) is 0 Å². The van der Waals surface area contributed by atoms with E-state index in [9.17, 15) is 0 Å². The lowest BCUT2D eigenvalue weighted by molar-refractivity contribution is 0.0649. The third-order valence-electron chi connectivity index (χ3n) is 6.67. The van der Waals surface area contributed by atoms with E-state index in [1.807, 2.05) is 0 Å². The Morgan fingerprint density at radius 1 is 1.06 bits per heavy atom. The Morgan fingerprint density at radius 3 is 1.88 bits per heavy atom. The fourth-order valence-electron chi connectivity index (χ4n) is 4.45. The third-order valence-corrected chi connectivity index (χ3v) is 6.67. The molecule has 0 aromatic carbocycles. The largest absolute Gasteiger partial charge is 0.0911 e. The van der Waals surface area contributed by atoms with Crippen LogP contribution in [-0.4, -0.2) is 15.7 Å². The van der Waals surface area contributed by atoms with Crippen molar-refractivity contribution in [2.45, 2.75) is 66.0 Å². The van der Waals surface area contributed by atoms with Gasteiger partial charge in [0.25, 0.3) is 0 Å². The van der Waals surface area contributed by atoms with E-state index >= 15 is 0 Å². The van der Waals surface area contributed by atoms with Crippen LogP contribution in [0.2, 0.25) is 5.21 Å². The smallest absolute Gasteiger partial charge is 0.0631 e. The molecule has 3 atom stereocenters. The van der Waals surface area contributed by atoms with Gasteiger partial charge in [0.15, 0.2) is 0 Å². The minimum absolute atomic E-state index is 0.0404. The molecule has 0 spiro atoms. The minimum Gasteiger partial charge on any atom is -0.0911 e. The van der Waals surface area contributed by atoms with Gasteiger partial charge in [0.2, 0.25) is 0 Å². The van der Waals surface area contributed by atoms with Gasteiger partial charge in [0, 0.05) is 0 Å². The molecule has 2 aliphatic rings. The maximum absolute atomic E-state index is 6.57. The van der Waals surface area contributed by atoms with Crippen molar-refractivity contribution in [2.24, 2.45) is 28.1 Å². The molecular formula is C15H26B2. The van der Waals surface area contributed by atoms with Crippen molar-refractivity contribution in [3.05, 3.63) is 0 Å². The quantitative estimate of drug-likeness (QED) is 0.596. The van der Waals surface area contributed by atoms with Gasteiger partial charge in [-0.3, -0.25) is 0 Å². The SMILES string of the molecule is [B]C([B])(C1CC2CCC1(C)C2(C)C)C(C)(C)C. The lowest BCUT2D eigenvalue weighted by atomic mass is 9.35. The molecule has 0 amide bonds. The summed E-state index contributed by atoms with van der Waals surface area (Å²) in [5, 5.41) is -0.561. The van der Waals surface area contributed by atoms with Crippen molar-refractivity contribution in [2.75, 3.05) is 0 Å². The second-order valence-corrected chi connectivity index (χ2v) is 8.35. The van der Waals surface area contributed by atoms with E-state index in [0.29, 0.717) is 16.7 Å². The summed E-state index contributed by atoms with van der Waals surface area (Å²) in [6, 6.07) is 0. The molecule has 0 N–H and O–H groups in total. The standard InChI is InChI=1S/C15H26B2/c1-12(2,3)15(16,17)11-9-10-7-8-14(11,6)13(10,4)5/h10-11H,7-9H2,1-6H3. The normalized spacial score (nSPS) is 40.8. The van der Waals surface area contributed by atoms with Gasteiger partial charge in [-0.25, -0.2) is 0 Å². The Bertz CT molecular complexity index is 324. The lowest BCUT2D eigenvalue weighted by Crippen LogP contribution is -2.45. The molecule has 2 heteroatoms. The van der Waals surface area contributed by atoms with Crippen LogP contribution in [-0.2, 0) is 0 Å². The molecule has 0 aromatic rings. The average Bonchev–Trinajstić information content (AvgIpc) is 2.46. The maximum Gasteiger partial charge on any atom is 0.0631 e. The van der Waals surface area contributed by atoms with Crippen LogP contribution >= 0.6 is 0 Å². The molecule has 2 rings (SSSR count). The van der Waals surface area contributed by atoms with Crippen molar-refractivity contribution >= 4 is 15.7 Å². The number of hydrogen-bond donors (Lipinski definition) is 0. The molecule has 17 heavy (non-hydrogen) atoms. The first-order valence-corrected chi connectivity index (χ1v) is 7.02. The number of rotatable bonds is 1. The van der Waals surface area contributed by atoms with Gasteiger partial charge in [-0.05, 0) is 47.3 Å². The van der Waals surface area contributed by atoms with Gasteiger partial charge in [-0.1, -0.05) is 46.8 Å². The summed E-state index contributed by atoms with van der Waals surface area (Å²) < 4.78 is 0. The fraction of sp³-hybridized carbons (Fsp3) is 1.00. The molecule has 2 bridgehead atoms. The van der Waals surface area contributed by atoms with Crippen LogP contribution in [0.15, 0.2) is 0 Å². The highest BCUT2D eigenvalue weighted by Crippen LogP contribution is 2.73. The highest BCUT2D eigenvalue weighted by atomic mass is 14.7. The molecule has 3 unspecified atom stereocenters. The van der Waals surface area contributed by atoms with Crippen molar-refractivity contribution in [1.29, 1.82) is 0 Å². The van der Waals surface area contributed by atoms with Crippen molar-refractivity contribution in [3.8, 4) is 0 Å². The monoisotopic (exact) mass is 228 g/mol. The Kier molecular flexibility index (Phi) is 2.68. The summed E-state index contributed by atoms with van der Waals surface area (Å²) in [6.07, 6.45) is 3.87. The van der Waals surface area contributed by atoms with Gasteiger partial charge >= 0.3 is 0 Å². The zero-order chi connectivity index (χ0) is 13.3. The zero-order valence-corrected chi connectivity index (χ0v) is 12.4. The van der Waals surface area contributed by atoms with E-state index in [1.165, 1.54) is 19.3 Å². The van der Waals surface area contributed by atoms with Crippen LogP contribution in [0.5, 0.6) is 0 Å². The average molecular weight is 228 g/mol. The molecule has 0 nitrogen and oxygen atoms in total. The molecule has 4 radical (unpaired) electrons. The van der Waals surface area contributed by atoms with E-state index in [4.69, 9.17) is 15.7 Å². The predicted octanol–water partition coefficient (Wildman–Crippen LogP) is 3.95. The first-order valence-electron chi connectivity index (χ1n) is 7.02. The molecule has 0 aliphatic heterocycles. The van der Waals surface area contributed by atoms with Gasteiger partial charge in [-0.15, -0.1) is 0 Å². The zero-order valence-electron chi connectivity index (χ0n) is 12.4. The van der Waals surface area contributed by atoms with Gasteiger partial charge < -0.3 is 0 Å². The van der Waals surface area contributed by atoms with Crippen LogP contribution in [0, 0.1) is 28.1 Å². The Morgan fingerprint density at radius 2 is 1.59 bits per heavy atom. The second-order valence-electron chi connectivity index (χ2n) is 8.35. The maximum atomic E-state index is 6.57. The summed E-state index contributed by atoms with van der Waals surface area (Å²) in [4.78, 5) is 0. The number of fused-ring (bicyclic) bond motifs is 2.